The SMILES string of the molecule is CC1(C)CC[C@H](c2cc[c]cc2F)N1Cc1ccccc1. The fourth-order valence-electron chi connectivity index (χ4n) is 3.33. The van der Waals surface area contributed by atoms with E-state index in [4.69, 9.17) is 0 Å². The van der Waals surface area contributed by atoms with Crippen LogP contribution >= 0.6 is 0 Å². The lowest BCUT2D eigenvalue weighted by Gasteiger charge is -2.36. The van der Waals surface area contributed by atoms with Crippen LogP contribution in [0.15, 0.2) is 48.5 Å². The number of halogens is 1. The molecule has 2 aromatic rings. The minimum atomic E-state index is -0.140. The maximum atomic E-state index is 14.1. The second-order valence-electron chi connectivity index (χ2n) is 6.43. The van der Waals surface area contributed by atoms with Gasteiger partial charge in [0.1, 0.15) is 5.82 Å². The van der Waals surface area contributed by atoms with Crippen molar-refractivity contribution in [1.82, 2.24) is 4.90 Å². The molecule has 21 heavy (non-hydrogen) atoms. The molecule has 0 saturated carbocycles. The molecule has 1 saturated heterocycles. The van der Waals surface area contributed by atoms with E-state index in [9.17, 15) is 4.39 Å². The molecular weight excluding hydrogens is 261 g/mol. The van der Waals surface area contributed by atoms with Crippen molar-refractivity contribution in [2.45, 2.75) is 44.8 Å². The molecular formula is C19H21FN. The van der Waals surface area contributed by atoms with E-state index in [2.05, 4.69) is 49.1 Å². The van der Waals surface area contributed by atoms with Crippen LogP contribution in [0.4, 0.5) is 4.39 Å². The Morgan fingerprint density at radius 1 is 1.24 bits per heavy atom. The molecule has 0 N–H and O–H groups in total. The average molecular weight is 282 g/mol. The summed E-state index contributed by atoms with van der Waals surface area (Å²) in [7, 11) is 0. The van der Waals surface area contributed by atoms with Crippen molar-refractivity contribution in [2.24, 2.45) is 0 Å². The predicted molar refractivity (Wildman–Crippen MR) is 83.3 cm³/mol. The van der Waals surface area contributed by atoms with Gasteiger partial charge in [-0.15, -0.1) is 0 Å². The molecule has 1 radical (unpaired) electrons. The lowest BCUT2D eigenvalue weighted by atomic mass is 10.0. The standard InChI is InChI=1S/C19H21FN/c1-19(2)13-12-18(16-10-6-7-11-17(16)20)21(19)14-15-8-4-3-5-9-15/h3-6,8-11,18H,12-14H2,1-2H3/t18-/m1/s1. The van der Waals surface area contributed by atoms with E-state index < -0.39 is 0 Å². The van der Waals surface area contributed by atoms with Gasteiger partial charge in [-0.05, 0) is 44.4 Å². The van der Waals surface area contributed by atoms with Crippen molar-refractivity contribution >= 4 is 0 Å². The number of nitrogens with zero attached hydrogens (tertiary/aromatic N) is 1. The summed E-state index contributed by atoms with van der Waals surface area (Å²) in [5, 5.41) is 0. The minimum Gasteiger partial charge on any atom is -0.287 e. The van der Waals surface area contributed by atoms with Crippen LogP contribution in [-0.2, 0) is 6.54 Å². The van der Waals surface area contributed by atoms with Crippen molar-refractivity contribution in [3.05, 3.63) is 71.5 Å². The van der Waals surface area contributed by atoms with Crippen molar-refractivity contribution in [3.63, 3.8) is 0 Å². The Morgan fingerprint density at radius 3 is 2.71 bits per heavy atom. The van der Waals surface area contributed by atoms with Crippen LogP contribution in [0.5, 0.6) is 0 Å². The van der Waals surface area contributed by atoms with Crippen molar-refractivity contribution in [1.29, 1.82) is 0 Å². The number of rotatable bonds is 3. The van der Waals surface area contributed by atoms with Gasteiger partial charge in [0.15, 0.2) is 0 Å². The lowest BCUT2D eigenvalue weighted by molar-refractivity contribution is 0.118. The molecule has 1 fully saturated rings. The van der Waals surface area contributed by atoms with Crippen molar-refractivity contribution < 1.29 is 4.39 Å². The van der Waals surface area contributed by atoms with Crippen LogP contribution in [0.1, 0.15) is 43.9 Å². The van der Waals surface area contributed by atoms with Crippen LogP contribution in [0, 0.1) is 11.9 Å². The smallest absolute Gasteiger partial charge is 0.128 e. The van der Waals surface area contributed by atoms with Gasteiger partial charge in [0.2, 0.25) is 0 Å². The summed E-state index contributed by atoms with van der Waals surface area (Å²) in [5.74, 6) is -0.140. The zero-order valence-corrected chi connectivity index (χ0v) is 12.6. The van der Waals surface area contributed by atoms with Gasteiger partial charge in [-0.25, -0.2) is 4.39 Å². The van der Waals surface area contributed by atoms with Gasteiger partial charge in [-0.2, -0.15) is 0 Å². The van der Waals surface area contributed by atoms with Gasteiger partial charge < -0.3 is 0 Å². The Hall–Kier alpha value is -1.67. The Labute approximate surface area is 126 Å². The first kappa shape index (κ1) is 14.3. The summed E-state index contributed by atoms with van der Waals surface area (Å²) < 4.78 is 14.1. The highest BCUT2D eigenvalue weighted by atomic mass is 19.1. The fraction of sp³-hybridized carbons (Fsp3) is 0.368. The topological polar surface area (TPSA) is 3.24 Å². The minimum absolute atomic E-state index is 0.0898. The summed E-state index contributed by atoms with van der Waals surface area (Å²) >= 11 is 0. The summed E-state index contributed by atoms with van der Waals surface area (Å²) in [5.41, 5.74) is 2.17. The third kappa shape index (κ3) is 2.86. The van der Waals surface area contributed by atoms with E-state index in [1.807, 2.05) is 18.2 Å². The van der Waals surface area contributed by atoms with E-state index in [0.717, 1.165) is 24.9 Å². The number of benzene rings is 2. The second kappa shape index (κ2) is 5.61. The van der Waals surface area contributed by atoms with E-state index in [1.54, 1.807) is 0 Å². The summed E-state index contributed by atoms with van der Waals surface area (Å²) in [6.45, 7) is 5.36. The summed E-state index contributed by atoms with van der Waals surface area (Å²) in [4.78, 5) is 2.43. The third-order valence-electron chi connectivity index (χ3n) is 4.58. The first-order valence-electron chi connectivity index (χ1n) is 7.54. The Morgan fingerprint density at radius 2 is 2.00 bits per heavy atom. The highest BCUT2D eigenvalue weighted by Gasteiger charge is 2.40. The van der Waals surface area contributed by atoms with E-state index in [0.29, 0.717) is 0 Å². The molecule has 2 heteroatoms. The molecule has 0 unspecified atom stereocenters. The average Bonchev–Trinajstić information content (AvgIpc) is 2.76. The van der Waals surface area contributed by atoms with E-state index >= 15 is 0 Å². The van der Waals surface area contributed by atoms with Crippen LogP contribution in [0.25, 0.3) is 0 Å². The Balaban J connectivity index is 1.92. The highest BCUT2D eigenvalue weighted by Crippen LogP contribution is 2.43. The predicted octanol–water partition coefficient (Wildman–Crippen LogP) is 4.74. The fourth-order valence-corrected chi connectivity index (χ4v) is 3.33. The summed E-state index contributed by atoms with van der Waals surface area (Å²) in [6.07, 6.45) is 2.09. The third-order valence-corrected chi connectivity index (χ3v) is 4.58. The largest absolute Gasteiger partial charge is 0.287 e. The zero-order chi connectivity index (χ0) is 14.9. The van der Waals surface area contributed by atoms with Crippen LogP contribution in [-0.4, -0.2) is 10.4 Å². The lowest BCUT2D eigenvalue weighted by Crippen LogP contribution is -2.39. The Kier molecular flexibility index (Phi) is 3.81. The number of likely N-dealkylation sites (tertiary alicyclic amines) is 1. The molecule has 0 aromatic heterocycles. The molecule has 0 bridgehead atoms. The highest BCUT2D eigenvalue weighted by molar-refractivity contribution is 5.24. The molecule has 0 spiro atoms. The van der Waals surface area contributed by atoms with Crippen molar-refractivity contribution in [3.8, 4) is 0 Å². The molecule has 1 heterocycles. The monoisotopic (exact) mass is 282 g/mol. The number of hydrogen-bond donors (Lipinski definition) is 0. The maximum absolute atomic E-state index is 14.1. The molecule has 109 valence electrons. The molecule has 2 aromatic carbocycles. The molecule has 1 aliphatic rings. The maximum Gasteiger partial charge on any atom is 0.128 e. The molecule has 0 amide bonds. The molecule has 3 rings (SSSR count). The first-order valence-corrected chi connectivity index (χ1v) is 7.54. The van der Waals surface area contributed by atoms with Gasteiger partial charge in [-0.1, -0.05) is 42.5 Å². The van der Waals surface area contributed by atoms with Crippen LogP contribution in [0.3, 0.4) is 0 Å². The van der Waals surface area contributed by atoms with Crippen molar-refractivity contribution in [2.75, 3.05) is 0 Å². The second-order valence-corrected chi connectivity index (χ2v) is 6.43. The molecule has 1 nitrogen and oxygen atoms in total. The molecule has 0 aliphatic carbocycles. The first-order chi connectivity index (χ1) is 10.1. The van der Waals surface area contributed by atoms with Gasteiger partial charge in [0.25, 0.3) is 0 Å². The van der Waals surface area contributed by atoms with Crippen LogP contribution in [0.2, 0.25) is 0 Å². The van der Waals surface area contributed by atoms with Gasteiger partial charge in [-0.3, -0.25) is 4.90 Å². The van der Waals surface area contributed by atoms with Gasteiger partial charge >= 0.3 is 0 Å². The van der Waals surface area contributed by atoms with Gasteiger partial charge in [0, 0.05) is 23.7 Å². The number of hydrogen-bond acceptors (Lipinski definition) is 1. The normalized spacial score (nSPS) is 21.6. The van der Waals surface area contributed by atoms with Crippen LogP contribution < -0.4 is 0 Å². The molecule has 1 aliphatic heterocycles. The Bertz CT molecular complexity index is 606. The molecule has 1 atom stereocenters. The van der Waals surface area contributed by atoms with E-state index in [1.165, 1.54) is 11.6 Å². The zero-order valence-electron chi connectivity index (χ0n) is 12.6. The summed E-state index contributed by atoms with van der Waals surface area (Å²) in [6, 6.07) is 18.5. The van der Waals surface area contributed by atoms with E-state index in [-0.39, 0.29) is 17.4 Å². The quantitative estimate of drug-likeness (QED) is 0.786. The van der Waals surface area contributed by atoms with Gasteiger partial charge in [0.05, 0.1) is 0 Å².